The second kappa shape index (κ2) is 6.50. The van der Waals surface area contributed by atoms with Gasteiger partial charge in [0.2, 0.25) is 0 Å². The van der Waals surface area contributed by atoms with Crippen LogP contribution in [0.25, 0.3) is 11.4 Å². The highest BCUT2D eigenvalue weighted by Crippen LogP contribution is 2.26. The number of nitrogens with zero attached hydrogens (tertiary/aromatic N) is 4. The molecule has 7 heteroatoms. The molecule has 1 aromatic carbocycles. The van der Waals surface area contributed by atoms with Crippen molar-refractivity contribution in [3.63, 3.8) is 0 Å². The Kier molecular flexibility index (Phi) is 4.63. The average Bonchev–Trinajstić information content (AvgIpc) is 2.78. The van der Waals surface area contributed by atoms with E-state index in [4.69, 9.17) is 23.8 Å². The van der Waals surface area contributed by atoms with Crippen molar-refractivity contribution in [2.75, 3.05) is 13.1 Å². The second-order valence-corrected chi connectivity index (χ2v) is 6.41. The van der Waals surface area contributed by atoms with E-state index in [0.29, 0.717) is 16.5 Å². The molecule has 1 fully saturated rings. The van der Waals surface area contributed by atoms with Gasteiger partial charge in [-0.25, -0.2) is 4.68 Å². The van der Waals surface area contributed by atoms with Gasteiger partial charge in [0.05, 0.1) is 17.8 Å². The Morgan fingerprint density at radius 2 is 2.00 bits per heavy atom. The summed E-state index contributed by atoms with van der Waals surface area (Å²) in [5, 5.41) is 14.9. The van der Waals surface area contributed by atoms with Gasteiger partial charge in [-0.3, -0.25) is 4.90 Å². The zero-order valence-electron chi connectivity index (χ0n) is 12.4. The molecule has 0 aliphatic carbocycles. The molecule has 3 rings (SSSR count). The summed E-state index contributed by atoms with van der Waals surface area (Å²) in [5.41, 5.74) is 0.880. The molecule has 0 atom stereocenters. The van der Waals surface area contributed by atoms with Gasteiger partial charge in [-0.15, -0.1) is 0 Å². The Balaban J connectivity index is 1.87. The van der Waals surface area contributed by atoms with Gasteiger partial charge in [-0.05, 0) is 37.2 Å². The van der Waals surface area contributed by atoms with E-state index < -0.39 is 0 Å². The molecular formula is C15H19ClN4OS. The summed E-state index contributed by atoms with van der Waals surface area (Å²) in [5.74, 6) is 0.771. The monoisotopic (exact) mass is 338 g/mol. The number of benzene rings is 1. The summed E-state index contributed by atoms with van der Waals surface area (Å²) < 4.78 is 4.38. The molecule has 2 heterocycles. The fraction of sp³-hybridized carbons (Fsp3) is 0.467. The fourth-order valence-corrected chi connectivity index (χ4v) is 3.11. The van der Waals surface area contributed by atoms with Gasteiger partial charge in [0, 0.05) is 25.7 Å². The summed E-state index contributed by atoms with van der Waals surface area (Å²) in [6, 6.07) is 7.64. The first-order chi connectivity index (χ1) is 10.6. The predicted molar refractivity (Wildman–Crippen MR) is 89.3 cm³/mol. The molecule has 1 aliphatic rings. The predicted octanol–water partition coefficient (Wildman–Crippen LogP) is 2.69. The molecule has 0 radical (unpaired) electrons. The number of aromatic nitrogens is 3. The van der Waals surface area contributed by atoms with Crippen molar-refractivity contribution < 1.29 is 5.11 Å². The third-order valence-electron chi connectivity index (χ3n) is 4.05. The van der Waals surface area contributed by atoms with Crippen LogP contribution in [0, 0.1) is 4.77 Å². The molecule has 1 aliphatic heterocycles. The summed E-state index contributed by atoms with van der Waals surface area (Å²) in [6.07, 6.45) is 1.43. The van der Waals surface area contributed by atoms with Gasteiger partial charge in [0.15, 0.2) is 10.6 Å². The van der Waals surface area contributed by atoms with Crippen molar-refractivity contribution in [3.8, 4) is 11.4 Å². The minimum Gasteiger partial charge on any atom is -0.393 e. The minimum atomic E-state index is -0.174. The minimum absolute atomic E-state index is 0.174. The Labute approximate surface area is 139 Å². The van der Waals surface area contributed by atoms with Crippen LogP contribution in [-0.2, 0) is 13.7 Å². The standard InChI is InChI=1S/C15H19ClN4OS/c1-18-14(12-4-2-3-5-13(12)16)17-20(15(18)22)10-19-8-6-11(21)7-9-19/h2-5,11,21H,6-10H2,1H3. The van der Waals surface area contributed by atoms with E-state index in [1.807, 2.05) is 40.6 Å². The SMILES string of the molecule is Cn1c(-c2ccccc2Cl)nn(CN2CCC(O)CC2)c1=S. The van der Waals surface area contributed by atoms with Crippen molar-refractivity contribution in [1.29, 1.82) is 0 Å². The number of hydrogen-bond donors (Lipinski definition) is 1. The first kappa shape index (κ1) is 15.7. The number of rotatable bonds is 3. The van der Waals surface area contributed by atoms with Gasteiger partial charge >= 0.3 is 0 Å². The third kappa shape index (κ3) is 3.10. The topological polar surface area (TPSA) is 46.2 Å². The fourth-order valence-electron chi connectivity index (χ4n) is 2.71. The van der Waals surface area contributed by atoms with Gasteiger partial charge in [-0.2, -0.15) is 5.10 Å². The van der Waals surface area contributed by atoms with E-state index in [2.05, 4.69) is 10.00 Å². The maximum Gasteiger partial charge on any atom is 0.199 e. The van der Waals surface area contributed by atoms with E-state index in [0.717, 1.165) is 37.3 Å². The van der Waals surface area contributed by atoms with Crippen molar-refractivity contribution in [2.45, 2.75) is 25.6 Å². The Bertz CT molecular complexity index is 719. The highest BCUT2D eigenvalue weighted by molar-refractivity contribution is 7.71. The van der Waals surface area contributed by atoms with Gasteiger partial charge in [0.1, 0.15) is 0 Å². The van der Waals surface area contributed by atoms with Crippen LogP contribution in [0.5, 0.6) is 0 Å². The lowest BCUT2D eigenvalue weighted by molar-refractivity contribution is 0.0650. The van der Waals surface area contributed by atoms with E-state index in [1.54, 1.807) is 0 Å². The van der Waals surface area contributed by atoms with Crippen LogP contribution in [-0.4, -0.2) is 43.5 Å². The highest BCUT2D eigenvalue weighted by Gasteiger charge is 2.19. The van der Waals surface area contributed by atoms with Gasteiger partial charge < -0.3 is 9.67 Å². The normalized spacial score (nSPS) is 17.0. The van der Waals surface area contributed by atoms with Gasteiger partial charge in [0.25, 0.3) is 0 Å². The zero-order chi connectivity index (χ0) is 15.7. The largest absolute Gasteiger partial charge is 0.393 e. The molecule has 118 valence electrons. The van der Waals surface area contributed by atoms with Crippen molar-refractivity contribution >= 4 is 23.8 Å². The molecule has 0 spiro atoms. The number of hydrogen-bond acceptors (Lipinski definition) is 4. The van der Waals surface area contributed by atoms with E-state index in [-0.39, 0.29) is 6.10 Å². The summed E-state index contributed by atoms with van der Waals surface area (Å²) in [7, 11) is 1.91. The lowest BCUT2D eigenvalue weighted by atomic mass is 10.1. The van der Waals surface area contributed by atoms with Crippen LogP contribution >= 0.6 is 23.8 Å². The van der Waals surface area contributed by atoms with E-state index >= 15 is 0 Å². The van der Waals surface area contributed by atoms with Crippen LogP contribution in [0.2, 0.25) is 5.02 Å². The number of piperidine rings is 1. The molecule has 22 heavy (non-hydrogen) atoms. The number of aliphatic hydroxyl groups is 1. The molecule has 2 aromatic rings. The van der Waals surface area contributed by atoms with Crippen LogP contribution in [0.15, 0.2) is 24.3 Å². The molecule has 1 N–H and O–H groups in total. The van der Waals surface area contributed by atoms with E-state index in [9.17, 15) is 5.11 Å². The maximum absolute atomic E-state index is 9.59. The smallest absolute Gasteiger partial charge is 0.199 e. The number of halogens is 1. The molecule has 1 aromatic heterocycles. The summed E-state index contributed by atoms with van der Waals surface area (Å²) >= 11 is 11.8. The molecule has 1 saturated heterocycles. The van der Waals surface area contributed by atoms with Crippen LogP contribution in [0.4, 0.5) is 0 Å². The molecular weight excluding hydrogens is 320 g/mol. The quantitative estimate of drug-likeness (QED) is 0.874. The Hall–Kier alpha value is -1.21. The molecule has 0 unspecified atom stereocenters. The third-order valence-corrected chi connectivity index (χ3v) is 4.86. The van der Waals surface area contributed by atoms with E-state index in [1.165, 1.54) is 0 Å². The first-order valence-corrected chi connectivity index (χ1v) is 8.14. The Morgan fingerprint density at radius 3 is 2.68 bits per heavy atom. The summed E-state index contributed by atoms with van der Waals surface area (Å²) in [6.45, 7) is 2.37. The van der Waals surface area contributed by atoms with Gasteiger partial charge in [-0.1, -0.05) is 23.7 Å². The van der Waals surface area contributed by atoms with Crippen LogP contribution in [0.3, 0.4) is 0 Å². The van der Waals surface area contributed by atoms with Crippen LogP contribution in [0.1, 0.15) is 12.8 Å². The second-order valence-electron chi connectivity index (χ2n) is 5.64. The lowest BCUT2D eigenvalue weighted by Crippen LogP contribution is -2.37. The molecule has 5 nitrogen and oxygen atoms in total. The molecule has 0 saturated carbocycles. The average molecular weight is 339 g/mol. The number of aliphatic hydroxyl groups excluding tert-OH is 1. The lowest BCUT2D eigenvalue weighted by Gasteiger charge is -2.28. The maximum atomic E-state index is 9.59. The zero-order valence-corrected chi connectivity index (χ0v) is 14.0. The number of likely N-dealkylation sites (tertiary alicyclic amines) is 1. The highest BCUT2D eigenvalue weighted by atomic mass is 35.5. The van der Waals surface area contributed by atoms with Crippen molar-refractivity contribution in [3.05, 3.63) is 34.1 Å². The first-order valence-electron chi connectivity index (χ1n) is 7.35. The van der Waals surface area contributed by atoms with Crippen molar-refractivity contribution in [1.82, 2.24) is 19.2 Å². The molecule has 0 bridgehead atoms. The molecule has 0 amide bonds. The summed E-state index contributed by atoms with van der Waals surface area (Å²) in [4.78, 5) is 2.26. The van der Waals surface area contributed by atoms with Crippen LogP contribution < -0.4 is 0 Å². The Morgan fingerprint density at radius 1 is 1.32 bits per heavy atom. The van der Waals surface area contributed by atoms with Crippen molar-refractivity contribution in [2.24, 2.45) is 7.05 Å².